The first-order chi connectivity index (χ1) is 16.5. The molecule has 0 saturated carbocycles. The second kappa shape index (κ2) is 9.35. The van der Waals surface area contributed by atoms with E-state index >= 15 is 0 Å². The molecule has 0 saturated heterocycles. The molecule has 0 bridgehead atoms. The van der Waals surface area contributed by atoms with Crippen LogP contribution in [-0.4, -0.2) is 34.5 Å². The molecule has 1 amide bonds. The smallest absolute Gasteiger partial charge is 0.253 e. The number of halogens is 1. The van der Waals surface area contributed by atoms with E-state index in [0.29, 0.717) is 6.42 Å². The lowest BCUT2D eigenvalue weighted by Gasteiger charge is -2.22. The van der Waals surface area contributed by atoms with Crippen LogP contribution in [-0.2, 0) is 4.79 Å². The van der Waals surface area contributed by atoms with Crippen LogP contribution in [0.1, 0.15) is 29.3 Å². The molecule has 1 aliphatic heterocycles. The standard InChI is InChI=1S/C27H24FN3O2S/c1-17-27(22-5-3-4-6-23(22)29-17)34-16-26(32)31-25(19-7-11-20(28)12-8-19)15-24(30-31)18-9-13-21(33-2)14-10-18/h3-14,25,29H,15-16H2,1-2H3. The van der Waals surface area contributed by atoms with Gasteiger partial charge in [-0.3, -0.25) is 4.79 Å². The fourth-order valence-corrected chi connectivity index (χ4v) is 5.28. The molecule has 4 aromatic rings. The number of benzene rings is 3. The number of H-pyrrole nitrogens is 1. The minimum Gasteiger partial charge on any atom is -0.497 e. The summed E-state index contributed by atoms with van der Waals surface area (Å²) >= 11 is 1.51. The molecule has 5 nitrogen and oxygen atoms in total. The predicted molar refractivity (Wildman–Crippen MR) is 134 cm³/mol. The highest BCUT2D eigenvalue weighted by molar-refractivity contribution is 8.00. The third-order valence-corrected chi connectivity index (χ3v) is 7.22. The van der Waals surface area contributed by atoms with E-state index in [1.165, 1.54) is 23.9 Å². The summed E-state index contributed by atoms with van der Waals surface area (Å²) in [4.78, 5) is 17.9. The number of ether oxygens (including phenoxy) is 1. The van der Waals surface area contributed by atoms with Gasteiger partial charge in [0.25, 0.3) is 5.91 Å². The Bertz CT molecular complexity index is 1360. The Balaban J connectivity index is 1.42. The van der Waals surface area contributed by atoms with Gasteiger partial charge in [-0.25, -0.2) is 9.40 Å². The van der Waals surface area contributed by atoms with Crippen molar-refractivity contribution < 1.29 is 13.9 Å². The number of carbonyl (C=O) groups is 1. The highest BCUT2D eigenvalue weighted by Gasteiger charge is 2.33. The molecule has 0 radical (unpaired) electrons. The number of aromatic nitrogens is 1. The van der Waals surface area contributed by atoms with E-state index in [4.69, 9.17) is 9.84 Å². The molecule has 3 aromatic carbocycles. The van der Waals surface area contributed by atoms with Gasteiger partial charge >= 0.3 is 0 Å². The molecule has 34 heavy (non-hydrogen) atoms. The van der Waals surface area contributed by atoms with Crippen LogP contribution in [0, 0.1) is 12.7 Å². The van der Waals surface area contributed by atoms with Crippen molar-refractivity contribution in [2.45, 2.75) is 24.3 Å². The molecular weight excluding hydrogens is 449 g/mol. The molecule has 0 fully saturated rings. The normalized spacial score (nSPS) is 15.6. The lowest BCUT2D eigenvalue weighted by atomic mass is 9.98. The topological polar surface area (TPSA) is 57.7 Å². The lowest BCUT2D eigenvalue weighted by molar-refractivity contribution is -0.130. The summed E-state index contributed by atoms with van der Waals surface area (Å²) < 4.78 is 18.8. The number of carbonyl (C=O) groups excluding carboxylic acids is 1. The maximum atomic E-state index is 13.6. The molecule has 7 heteroatoms. The summed E-state index contributed by atoms with van der Waals surface area (Å²) in [7, 11) is 1.63. The molecule has 1 N–H and O–H groups in total. The van der Waals surface area contributed by atoms with Crippen molar-refractivity contribution in [3.8, 4) is 5.75 Å². The molecular formula is C27H24FN3O2S. The van der Waals surface area contributed by atoms with Crippen molar-refractivity contribution in [1.82, 2.24) is 9.99 Å². The van der Waals surface area contributed by atoms with Crippen LogP contribution < -0.4 is 4.74 Å². The first-order valence-electron chi connectivity index (χ1n) is 11.0. The van der Waals surface area contributed by atoms with Gasteiger partial charge in [-0.2, -0.15) is 5.10 Å². The number of hydrogen-bond acceptors (Lipinski definition) is 4. The van der Waals surface area contributed by atoms with Crippen LogP contribution in [0.4, 0.5) is 4.39 Å². The number of hydrazone groups is 1. The number of nitrogens with one attached hydrogen (secondary N) is 1. The quantitative estimate of drug-likeness (QED) is 0.345. The van der Waals surface area contributed by atoms with Gasteiger partial charge in [0.2, 0.25) is 0 Å². The predicted octanol–water partition coefficient (Wildman–Crippen LogP) is 6.09. The minimum atomic E-state index is -0.304. The van der Waals surface area contributed by atoms with Gasteiger partial charge in [0.15, 0.2) is 0 Å². The number of amides is 1. The SMILES string of the molecule is COc1ccc(C2=NN(C(=O)CSc3c(C)[nH]c4ccccc34)C(c3ccc(F)cc3)C2)cc1. The van der Waals surface area contributed by atoms with Gasteiger partial charge in [-0.05, 0) is 60.5 Å². The van der Waals surface area contributed by atoms with Crippen molar-refractivity contribution in [1.29, 1.82) is 0 Å². The summed E-state index contributed by atoms with van der Waals surface area (Å²) in [5, 5.41) is 7.39. The van der Waals surface area contributed by atoms with Crippen LogP contribution in [0.3, 0.4) is 0 Å². The van der Waals surface area contributed by atoms with Crippen LogP contribution in [0.15, 0.2) is 82.8 Å². The number of hydrogen-bond donors (Lipinski definition) is 1. The summed E-state index contributed by atoms with van der Waals surface area (Å²) in [6.45, 7) is 2.02. The monoisotopic (exact) mass is 473 g/mol. The highest BCUT2D eigenvalue weighted by Crippen LogP contribution is 2.36. The summed E-state index contributed by atoms with van der Waals surface area (Å²) in [6.07, 6.45) is 0.556. The molecule has 172 valence electrons. The van der Waals surface area contributed by atoms with E-state index in [-0.39, 0.29) is 23.5 Å². The Morgan fingerprint density at radius 1 is 1.12 bits per heavy atom. The van der Waals surface area contributed by atoms with E-state index in [1.807, 2.05) is 49.4 Å². The summed E-state index contributed by atoms with van der Waals surface area (Å²) in [5.74, 6) is 0.615. The Morgan fingerprint density at radius 2 is 1.85 bits per heavy atom. The third-order valence-electron chi connectivity index (χ3n) is 6.02. The molecule has 2 heterocycles. The molecule has 1 aliphatic rings. The Kier molecular flexibility index (Phi) is 6.11. The zero-order chi connectivity index (χ0) is 23.7. The number of rotatable bonds is 6. The van der Waals surface area contributed by atoms with Gasteiger partial charge in [0.1, 0.15) is 11.6 Å². The number of aryl methyl sites for hydroxylation is 1. The largest absolute Gasteiger partial charge is 0.497 e. The Hall–Kier alpha value is -3.58. The van der Waals surface area contributed by atoms with Crippen LogP contribution in [0.5, 0.6) is 5.75 Å². The molecule has 1 aromatic heterocycles. The second-order valence-corrected chi connectivity index (χ2v) is 9.18. The molecule has 0 spiro atoms. The number of nitrogens with zero attached hydrogens (tertiary/aromatic N) is 2. The van der Waals surface area contributed by atoms with Crippen molar-refractivity contribution in [2.75, 3.05) is 12.9 Å². The minimum absolute atomic E-state index is 0.0903. The highest BCUT2D eigenvalue weighted by atomic mass is 32.2. The molecule has 1 unspecified atom stereocenters. The lowest BCUT2D eigenvalue weighted by Crippen LogP contribution is -2.28. The fraction of sp³-hybridized carbons (Fsp3) is 0.185. The maximum Gasteiger partial charge on any atom is 0.253 e. The average molecular weight is 474 g/mol. The third kappa shape index (κ3) is 4.31. The number of para-hydroxylation sites is 1. The van der Waals surface area contributed by atoms with Gasteiger partial charge in [-0.15, -0.1) is 11.8 Å². The van der Waals surface area contributed by atoms with E-state index in [0.717, 1.165) is 44.1 Å². The number of methoxy groups -OCH3 is 1. The summed E-state index contributed by atoms with van der Waals surface area (Å²) in [5.41, 5.74) is 4.70. The Morgan fingerprint density at radius 3 is 2.59 bits per heavy atom. The van der Waals surface area contributed by atoms with Crippen molar-refractivity contribution in [3.63, 3.8) is 0 Å². The van der Waals surface area contributed by atoms with E-state index in [1.54, 1.807) is 24.3 Å². The average Bonchev–Trinajstić information content (AvgIpc) is 3.44. The molecule has 1 atom stereocenters. The zero-order valence-electron chi connectivity index (χ0n) is 18.9. The number of fused-ring (bicyclic) bond motifs is 1. The van der Waals surface area contributed by atoms with E-state index in [9.17, 15) is 9.18 Å². The van der Waals surface area contributed by atoms with Crippen LogP contribution >= 0.6 is 11.8 Å². The fourth-order valence-electron chi connectivity index (χ4n) is 4.28. The van der Waals surface area contributed by atoms with Crippen LogP contribution in [0.25, 0.3) is 10.9 Å². The maximum absolute atomic E-state index is 13.6. The van der Waals surface area contributed by atoms with E-state index in [2.05, 4.69) is 11.1 Å². The van der Waals surface area contributed by atoms with Gasteiger partial charge in [0.05, 0.1) is 24.6 Å². The van der Waals surface area contributed by atoms with Crippen molar-refractivity contribution in [3.05, 3.63) is 95.4 Å². The first-order valence-corrected chi connectivity index (χ1v) is 12.0. The number of aromatic amines is 1. The van der Waals surface area contributed by atoms with Gasteiger partial charge < -0.3 is 9.72 Å². The first kappa shape index (κ1) is 22.2. The van der Waals surface area contributed by atoms with E-state index < -0.39 is 0 Å². The van der Waals surface area contributed by atoms with Gasteiger partial charge in [-0.1, -0.05) is 30.3 Å². The Labute approximate surface area is 201 Å². The molecule has 0 aliphatic carbocycles. The zero-order valence-corrected chi connectivity index (χ0v) is 19.7. The summed E-state index contributed by atoms with van der Waals surface area (Å²) in [6, 6.07) is 21.7. The van der Waals surface area contributed by atoms with Gasteiger partial charge in [0, 0.05) is 27.9 Å². The number of thioether (sulfide) groups is 1. The van der Waals surface area contributed by atoms with Crippen molar-refractivity contribution in [2.24, 2.45) is 5.10 Å². The van der Waals surface area contributed by atoms with Crippen molar-refractivity contribution >= 4 is 34.3 Å². The molecule has 5 rings (SSSR count). The second-order valence-electron chi connectivity index (χ2n) is 8.20. The van der Waals surface area contributed by atoms with Crippen LogP contribution in [0.2, 0.25) is 0 Å².